The summed E-state index contributed by atoms with van der Waals surface area (Å²) in [6.07, 6.45) is 1.55. The number of rotatable bonds is 6. The Kier molecular flexibility index (Phi) is 5.88. The van der Waals surface area contributed by atoms with Gasteiger partial charge < -0.3 is 19.5 Å². The van der Waals surface area contributed by atoms with Crippen molar-refractivity contribution in [1.29, 1.82) is 0 Å². The molecule has 0 saturated carbocycles. The first kappa shape index (κ1) is 16.1. The van der Waals surface area contributed by atoms with Gasteiger partial charge in [-0.2, -0.15) is 0 Å². The summed E-state index contributed by atoms with van der Waals surface area (Å²) in [7, 11) is 2.05. The SMILES string of the molecule is CCC(C)CN(C)CC(O)c1ccc2c(c1)OCCCO2. The standard InChI is InChI=1S/C17H27NO3/c1-4-13(2)11-18(3)12-15(19)14-6-7-16-17(10-14)21-9-5-8-20-16/h6-7,10,13,15,19H,4-5,8-9,11-12H2,1-3H3. The maximum absolute atomic E-state index is 10.4. The minimum Gasteiger partial charge on any atom is -0.490 e. The Morgan fingerprint density at radius 3 is 2.62 bits per heavy atom. The summed E-state index contributed by atoms with van der Waals surface area (Å²) in [5.74, 6) is 2.16. The molecule has 2 rings (SSSR count). The highest BCUT2D eigenvalue weighted by atomic mass is 16.5. The maximum Gasteiger partial charge on any atom is 0.161 e. The second-order valence-corrected chi connectivity index (χ2v) is 6.01. The van der Waals surface area contributed by atoms with Crippen molar-refractivity contribution in [2.75, 3.05) is 33.4 Å². The van der Waals surface area contributed by atoms with Gasteiger partial charge in [0.15, 0.2) is 11.5 Å². The molecule has 2 atom stereocenters. The summed E-state index contributed by atoms with van der Waals surface area (Å²) < 4.78 is 11.3. The molecule has 0 aliphatic carbocycles. The van der Waals surface area contributed by atoms with E-state index in [0.29, 0.717) is 25.7 Å². The number of fused-ring (bicyclic) bond motifs is 1. The summed E-state index contributed by atoms with van der Waals surface area (Å²) >= 11 is 0. The molecule has 2 unspecified atom stereocenters. The third-order valence-corrected chi connectivity index (χ3v) is 3.96. The van der Waals surface area contributed by atoms with Crippen LogP contribution >= 0.6 is 0 Å². The molecular formula is C17H27NO3. The van der Waals surface area contributed by atoms with Crippen molar-refractivity contribution in [3.8, 4) is 11.5 Å². The Hall–Kier alpha value is -1.26. The maximum atomic E-state index is 10.4. The van der Waals surface area contributed by atoms with Gasteiger partial charge in [0.25, 0.3) is 0 Å². The molecule has 4 heteroatoms. The molecule has 0 amide bonds. The van der Waals surface area contributed by atoms with Crippen LogP contribution in [0, 0.1) is 5.92 Å². The highest BCUT2D eigenvalue weighted by Gasteiger charge is 2.16. The van der Waals surface area contributed by atoms with Gasteiger partial charge >= 0.3 is 0 Å². The van der Waals surface area contributed by atoms with Crippen LogP contribution in [0.3, 0.4) is 0 Å². The minimum atomic E-state index is -0.504. The third-order valence-electron chi connectivity index (χ3n) is 3.96. The fourth-order valence-corrected chi connectivity index (χ4v) is 2.52. The number of benzene rings is 1. The molecule has 0 fully saturated rings. The van der Waals surface area contributed by atoms with Gasteiger partial charge in [0.1, 0.15) is 0 Å². The van der Waals surface area contributed by atoms with E-state index >= 15 is 0 Å². The zero-order valence-electron chi connectivity index (χ0n) is 13.3. The summed E-state index contributed by atoms with van der Waals surface area (Å²) in [5, 5.41) is 10.4. The van der Waals surface area contributed by atoms with Crippen molar-refractivity contribution in [2.45, 2.75) is 32.8 Å². The first-order valence-corrected chi connectivity index (χ1v) is 7.86. The molecule has 4 nitrogen and oxygen atoms in total. The van der Waals surface area contributed by atoms with Crippen LogP contribution in [0.2, 0.25) is 0 Å². The number of likely N-dealkylation sites (N-methyl/N-ethyl adjacent to an activating group) is 1. The molecule has 1 aromatic rings. The lowest BCUT2D eigenvalue weighted by Gasteiger charge is -2.23. The normalized spacial score (nSPS) is 17.4. The molecule has 1 aromatic carbocycles. The van der Waals surface area contributed by atoms with Crippen molar-refractivity contribution in [2.24, 2.45) is 5.92 Å². The van der Waals surface area contributed by atoms with Crippen LogP contribution in [0.4, 0.5) is 0 Å². The number of hydrogen-bond acceptors (Lipinski definition) is 4. The molecule has 0 saturated heterocycles. The average Bonchev–Trinajstić information content (AvgIpc) is 2.71. The number of aliphatic hydroxyl groups is 1. The largest absolute Gasteiger partial charge is 0.490 e. The number of hydrogen-bond donors (Lipinski definition) is 1. The molecule has 0 aromatic heterocycles. The van der Waals surface area contributed by atoms with Crippen molar-refractivity contribution in [3.63, 3.8) is 0 Å². The van der Waals surface area contributed by atoms with E-state index in [-0.39, 0.29) is 0 Å². The Morgan fingerprint density at radius 2 is 1.90 bits per heavy atom. The van der Waals surface area contributed by atoms with Gasteiger partial charge in [-0.05, 0) is 30.7 Å². The van der Waals surface area contributed by atoms with E-state index in [0.717, 1.165) is 36.4 Å². The fraction of sp³-hybridized carbons (Fsp3) is 0.647. The zero-order chi connectivity index (χ0) is 15.2. The van der Waals surface area contributed by atoms with Gasteiger partial charge in [0.05, 0.1) is 19.3 Å². The average molecular weight is 293 g/mol. The van der Waals surface area contributed by atoms with Gasteiger partial charge in [-0.1, -0.05) is 26.3 Å². The molecule has 1 N–H and O–H groups in total. The van der Waals surface area contributed by atoms with Crippen molar-refractivity contribution in [1.82, 2.24) is 4.90 Å². The van der Waals surface area contributed by atoms with Gasteiger partial charge in [-0.25, -0.2) is 0 Å². The monoisotopic (exact) mass is 293 g/mol. The van der Waals surface area contributed by atoms with E-state index in [2.05, 4.69) is 25.8 Å². The summed E-state index contributed by atoms with van der Waals surface area (Å²) in [6.45, 7) is 7.41. The van der Waals surface area contributed by atoms with Crippen LogP contribution in [0.1, 0.15) is 38.4 Å². The number of ether oxygens (including phenoxy) is 2. The quantitative estimate of drug-likeness (QED) is 0.876. The van der Waals surface area contributed by atoms with Crippen LogP contribution in [0.15, 0.2) is 18.2 Å². The molecule has 21 heavy (non-hydrogen) atoms. The van der Waals surface area contributed by atoms with Crippen LogP contribution in [-0.2, 0) is 0 Å². The second kappa shape index (κ2) is 7.66. The molecule has 1 aliphatic rings. The first-order valence-electron chi connectivity index (χ1n) is 7.86. The first-order chi connectivity index (χ1) is 10.1. The van der Waals surface area contributed by atoms with Crippen molar-refractivity contribution in [3.05, 3.63) is 23.8 Å². The van der Waals surface area contributed by atoms with E-state index in [1.54, 1.807) is 0 Å². The summed E-state index contributed by atoms with van der Waals surface area (Å²) in [5.41, 5.74) is 0.884. The highest BCUT2D eigenvalue weighted by Crippen LogP contribution is 2.32. The van der Waals surface area contributed by atoms with Crippen LogP contribution in [-0.4, -0.2) is 43.4 Å². The molecule has 0 spiro atoms. The Bertz CT molecular complexity index is 450. The molecule has 1 heterocycles. The van der Waals surface area contributed by atoms with Crippen molar-refractivity contribution >= 4 is 0 Å². The van der Waals surface area contributed by atoms with E-state index in [4.69, 9.17) is 9.47 Å². The fourth-order valence-electron chi connectivity index (χ4n) is 2.52. The molecule has 1 aliphatic heterocycles. The summed E-state index contributed by atoms with van der Waals surface area (Å²) in [4.78, 5) is 2.18. The lowest BCUT2D eigenvalue weighted by atomic mass is 10.1. The molecule has 0 bridgehead atoms. The minimum absolute atomic E-state index is 0.504. The smallest absolute Gasteiger partial charge is 0.161 e. The van der Waals surface area contributed by atoms with E-state index in [9.17, 15) is 5.11 Å². The van der Waals surface area contributed by atoms with Gasteiger partial charge in [-0.15, -0.1) is 0 Å². The number of aliphatic hydroxyl groups excluding tert-OH is 1. The topological polar surface area (TPSA) is 41.9 Å². The van der Waals surface area contributed by atoms with Crippen LogP contribution in [0.5, 0.6) is 11.5 Å². The predicted molar refractivity (Wildman–Crippen MR) is 84.0 cm³/mol. The van der Waals surface area contributed by atoms with Gasteiger partial charge in [-0.3, -0.25) is 0 Å². The van der Waals surface area contributed by atoms with Gasteiger partial charge in [0.2, 0.25) is 0 Å². The van der Waals surface area contributed by atoms with Crippen LogP contribution in [0.25, 0.3) is 0 Å². The second-order valence-electron chi connectivity index (χ2n) is 6.01. The highest BCUT2D eigenvalue weighted by molar-refractivity contribution is 5.44. The molecule has 118 valence electrons. The van der Waals surface area contributed by atoms with Crippen LogP contribution < -0.4 is 9.47 Å². The lowest BCUT2D eigenvalue weighted by molar-refractivity contribution is 0.119. The lowest BCUT2D eigenvalue weighted by Crippen LogP contribution is -2.28. The van der Waals surface area contributed by atoms with E-state index in [1.807, 2.05) is 18.2 Å². The Labute approximate surface area is 127 Å². The molecular weight excluding hydrogens is 266 g/mol. The van der Waals surface area contributed by atoms with Crippen molar-refractivity contribution < 1.29 is 14.6 Å². The zero-order valence-corrected chi connectivity index (χ0v) is 13.3. The Morgan fingerprint density at radius 1 is 1.19 bits per heavy atom. The predicted octanol–water partition coefficient (Wildman–Crippen LogP) is 2.86. The van der Waals surface area contributed by atoms with Gasteiger partial charge in [0, 0.05) is 19.5 Å². The van der Waals surface area contributed by atoms with E-state index in [1.165, 1.54) is 0 Å². The molecule has 0 radical (unpaired) electrons. The Balaban J connectivity index is 1.99. The summed E-state index contributed by atoms with van der Waals surface area (Å²) in [6, 6.07) is 5.73. The third kappa shape index (κ3) is 4.61. The van der Waals surface area contributed by atoms with E-state index < -0.39 is 6.10 Å². The number of nitrogens with zero attached hydrogens (tertiary/aromatic N) is 1.